The minimum absolute atomic E-state index is 0.277. The fourth-order valence-corrected chi connectivity index (χ4v) is 2.13. The van der Waals surface area contributed by atoms with Gasteiger partial charge in [-0.3, -0.25) is 4.79 Å². The minimum Gasteiger partial charge on any atom is -0.460 e. The van der Waals surface area contributed by atoms with E-state index in [1.165, 1.54) is 0 Å². The zero-order valence-electron chi connectivity index (χ0n) is 10.9. The molecule has 1 unspecified atom stereocenters. The third kappa shape index (κ3) is 2.81. The van der Waals surface area contributed by atoms with Crippen LogP contribution in [0.1, 0.15) is 11.1 Å². The quantitative estimate of drug-likeness (QED) is 0.868. The zero-order chi connectivity index (χ0) is 13.8. The zero-order valence-corrected chi connectivity index (χ0v) is 10.9. The van der Waals surface area contributed by atoms with Crippen LogP contribution in [0.3, 0.4) is 0 Å². The molecule has 0 spiro atoms. The van der Waals surface area contributed by atoms with Crippen LogP contribution in [0.15, 0.2) is 54.6 Å². The van der Waals surface area contributed by atoms with Crippen molar-refractivity contribution in [3.05, 3.63) is 65.7 Å². The molecule has 0 radical (unpaired) electrons. The lowest BCUT2D eigenvalue weighted by atomic mass is 10.0. The lowest BCUT2D eigenvalue weighted by Gasteiger charge is -2.24. The van der Waals surface area contributed by atoms with E-state index in [1.54, 1.807) is 0 Å². The maximum Gasteiger partial charge on any atom is 0.327 e. The van der Waals surface area contributed by atoms with Gasteiger partial charge in [0.25, 0.3) is 0 Å². The fourth-order valence-electron chi connectivity index (χ4n) is 2.13. The van der Waals surface area contributed by atoms with Crippen LogP contribution in [-0.2, 0) is 22.6 Å². The first kappa shape index (κ1) is 12.7. The van der Waals surface area contributed by atoms with Gasteiger partial charge in [0, 0.05) is 6.42 Å². The van der Waals surface area contributed by atoms with Crippen molar-refractivity contribution >= 4 is 5.97 Å². The third-order valence-electron chi connectivity index (χ3n) is 3.22. The van der Waals surface area contributed by atoms with Crippen molar-refractivity contribution in [3.8, 4) is 5.75 Å². The molecule has 2 aromatic rings. The number of ether oxygens (including phenoxy) is 1. The molecule has 0 bridgehead atoms. The van der Waals surface area contributed by atoms with Gasteiger partial charge in [-0.2, -0.15) is 0 Å². The Morgan fingerprint density at radius 3 is 2.75 bits per heavy atom. The lowest BCUT2D eigenvalue weighted by Crippen LogP contribution is -2.44. The van der Waals surface area contributed by atoms with Crippen molar-refractivity contribution in [2.75, 3.05) is 0 Å². The highest BCUT2D eigenvalue weighted by Crippen LogP contribution is 2.23. The molecule has 4 nitrogen and oxygen atoms in total. The first-order valence-corrected chi connectivity index (χ1v) is 6.54. The van der Waals surface area contributed by atoms with E-state index in [9.17, 15) is 4.79 Å². The number of rotatable bonds is 3. The summed E-state index contributed by atoms with van der Waals surface area (Å²) in [4.78, 5) is 17.4. The molecule has 3 rings (SSSR count). The van der Waals surface area contributed by atoms with Crippen LogP contribution in [0.25, 0.3) is 0 Å². The van der Waals surface area contributed by atoms with Crippen LogP contribution in [-0.4, -0.2) is 12.0 Å². The number of para-hydroxylation sites is 1. The van der Waals surface area contributed by atoms with E-state index in [2.05, 4.69) is 5.48 Å². The summed E-state index contributed by atoms with van der Waals surface area (Å²) in [5.74, 6) is 0.461. The Hall–Kier alpha value is -2.33. The highest BCUT2D eigenvalue weighted by Gasteiger charge is 2.26. The van der Waals surface area contributed by atoms with Crippen molar-refractivity contribution in [2.45, 2.75) is 19.1 Å². The van der Waals surface area contributed by atoms with E-state index >= 15 is 0 Å². The van der Waals surface area contributed by atoms with E-state index in [0.29, 0.717) is 6.42 Å². The van der Waals surface area contributed by atoms with Crippen LogP contribution in [0, 0.1) is 0 Å². The maximum absolute atomic E-state index is 12.0. The second kappa shape index (κ2) is 5.75. The highest BCUT2D eigenvalue weighted by molar-refractivity contribution is 5.76. The van der Waals surface area contributed by atoms with Gasteiger partial charge in [0.1, 0.15) is 18.4 Å². The number of carbonyl (C=O) groups is 1. The molecule has 1 aliphatic heterocycles. The smallest absolute Gasteiger partial charge is 0.327 e. The first-order chi connectivity index (χ1) is 9.83. The van der Waals surface area contributed by atoms with Crippen LogP contribution < -0.4 is 10.3 Å². The number of hydroxylamine groups is 1. The molecule has 0 amide bonds. The Bertz CT molecular complexity index is 598. The van der Waals surface area contributed by atoms with Crippen molar-refractivity contribution in [1.82, 2.24) is 5.48 Å². The SMILES string of the molecule is O=C(OCc1ccccc1)C1Cc2ccccc2ON1. The molecule has 1 N–H and O–H groups in total. The summed E-state index contributed by atoms with van der Waals surface area (Å²) in [5, 5.41) is 0. The Kier molecular flexibility index (Phi) is 3.65. The molecular formula is C16H15NO3. The average Bonchev–Trinajstić information content (AvgIpc) is 2.53. The summed E-state index contributed by atoms with van der Waals surface area (Å²) < 4.78 is 5.30. The van der Waals surface area contributed by atoms with Gasteiger partial charge in [0.2, 0.25) is 0 Å². The molecule has 0 fully saturated rings. The van der Waals surface area contributed by atoms with Gasteiger partial charge in [0.05, 0.1) is 0 Å². The number of carbonyl (C=O) groups excluding carboxylic acids is 1. The van der Waals surface area contributed by atoms with Gasteiger partial charge in [0.15, 0.2) is 0 Å². The Balaban J connectivity index is 1.59. The predicted octanol–water partition coefficient (Wildman–Crippen LogP) is 2.24. The second-order valence-electron chi connectivity index (χ2n) is 4.68. The fraction of sp³-hybridized carbons (Fsp3) is 0.188. The number of esters is 1. The molecule has 0 saturated heterocycles. The van der Waals surface area contributed by atoms with Gasteiger partial charge < -0.3 is 9.57 Å². The number of hydrogen-bond donors (Lipinski definition) is 1. The summed E-state index contributed by atoms with van der Waals surface area (Å²) in [6.45, 7) is 0.277. The Labute approximate surface area is 117 Å². The molecule has 1 aliphatic rings. The molecule has 0 aromatic heterocycles. The van der Waals surface area contributed by atoms with E-state index in [-0.39, 0.29) is 12.6 Å². The Morgan fingerprint density at radius 1 is 1.15 bits per heavy atom. The van der Waals surface area contributed by atoms with Crippen molar-refractivity contribution in [1.29, 1.82) is 0 Å². The molecular weight excluding hydrogens is 254 g/mol. The average molecular weight is 269 g/mol. The van der Waals surface area contributed by atoms with E-state index in [4.69, 9.17) is 9.57 Å². The molecule has 1 heterocycles. The second-order valence-corrected chi connectivity index (χ2v) is 4.68. The molecule has 20 heavy (non-hydrogen) atoms. The van der Waals surface area contributed by atoms with Crippen LogP contribution in [0.5, 0.6) is 5.75 Å². The summed E-state index contributed by atoms with van der Waals surface area (Å²) >= 11 is 0. The molecule has 4 heteroatoms. The van der Waals surface area contributed by atoms with Gasteiger partial charge in [-0.1, -0.05) is 48.5 Å². The van der Waals surface area contributed by atoms with E-state index in [1.807, 2.05) is 54.6 Å². The van der Waals surface area contributed by atoms with Crippen LogP contribution >= 0.6 is 0 Å². The summed E-state index contributed by atoms with van der Waals surface area (Å²) in [5.41, 5.74) is 4.71. The molecule has 2 aromatic carbocycles. The number of nitrogens with one attached hydrogen (secondary N) is 1. The first-order valence-electron chi connectivity index (χ1n) is 6.54. The van der Waals surface area contributed by atoms with Crippen molar-refractivity contribution in [2.24, 2.45) is 0 Å². The van der Waals surface area contributed by atoms with Crippen molar-refractivity contribution < 1.29 is 14.4 Å². The number of benzene rings is 2. The summed E-state index contributed by atoms with van der Waals surface area (Å²) in [6.07, 6.45) is 0.573. The van der Waals surface area contributed by atoms with Crippen LogP contribution in [0.2, 0.25) is 0 Å². The monoisotopic (exact) mass is 269 g/mol. The van der Waals surface area contributed by atoms with E-state index in [0.717, 1.165) is 16.9 Å². The van der Waals surface area contributed by atoms with Crippen LogP contribution in [0.4, 0.5) is 0 Å². The van der Waals surface area contributed by atoms with Gasteiger partial charge >= 0.3 is 5.97 Å². The summed E-state index contributed by atoms with van der Waals surface area (Å²) in [6, 6.07) is 16.8. The van der Waals surface area contributed by atoms with Gasteiger partial charge in [-0.25, -0.2) is 0 Å². The van der Waals surface area contributed by atoms with Gasteiger partial charge in [-0.05, 0) is 17.2 Å². The van der Waals surface area contributed by atoms with Gasteiger partial charge in [-0.15, -0.1) is 5.48 Å². The largest absolute Gasteiger partial charge is 0.460 e. The van der Waals surface area contributed by atoms with Crippen molar-refractivity contribution in [3.63, 3.8) is 0 Å². The normalized spacial score (nSPS) is 16.9. The highest BCUT2D eigenvalue weighted by atomic mass is 16.7. The lowest BCUT2D eigenvalue weighted by molar-refractivity contribution is -0.150. The molecule has 0 saturated carbocycles. The Morgan fingerprint density at radius 2 is 1.90 bits per heavy atom. The molecule has 1 atom stereocenters. The molecule has 102 valence electrons. The topological polar surface area (TPSA) is 47.6 Å². The molecule has 0 aliphatic carbocycles. The third-order valence-corrected chi connectivity index (χ3v) is 3.22. The van der Waals surface area contributed by atoms with E-state index < -0.39 is 6.04 Å². The number of hydrogen-bond acceptors (Lipinski definition) is 4. The minimum atomic E-state index is -0.464. The maximum atomic E-state index is 12.0. The standard InChI is InChI=1S/C16H15NO3/c18-16(19-11-12-6-2-1-3-7-12)14-10-13-8-4-5-9-15(13)20-17-14/h1-9,14,17H,10-11H2. The number of fused-ring (bicyclic) bond motifs is 1. The summed E-state index contributed by atoms with van der Waals surface area (Å²) in [7, 11) is 0. The predicted molar refractivity (Wildman–Crippen MR) is 73.9 cm³/mol.